The molecule has 1 aliphatic heterocycles. The zero-order chi connectivity index (χ0) is 13.1. The molecule has 19 heavy (non-hydrogen) atoms. The van der Waals surface area contributed by atoms with E-state index in [9.17, 15) is 0 Å². The zero-order valence-electron chi connectivity index (χ0n) is 11.4. The summed E-state index contributed by atoms with van der Waals surface area (Å²) in [7, 11) is 0. The highest BCUT2D eigenvalue weighted by atomic mass is 15.1. The number of likely N-dealkylation sites (tertiary alicyclic amines) is 1. The summed E-state index contributed by atoms with van der Waals surface area (Å²) >= 11 is 0. The van der Waals surface area contributed by atoms with Crippen molar-refractivity contribution in [2.24, 2.45) is 11.7 Å². The van der Waals surface area contributed by atoms with E-state index in [1.165, 1.54) is 35.7 Å². The van der Waals surface area contributed by atoms with Crippen LogP contribution in [0.3, 0.4) is 0 Å². The number of rotatable bonds is 3. The molecule has 0 amide bonds. The average Bonchev–Trinajstić information content (AvgIpc) is 2.48. The highest BCUT2D eigenvalue weighted by molar-refractivity contribution is 5.85. The fourth-order valence-electron chi connectivity index (χ4n) is 3.16. The Labute approximate surface area is 115 Å². The first-order chi connectivity index (χ1) is 9.36. The van der Waals surface area contributed by atoms with E-state index >= 15 is 0 Å². The lowest BCUT2D eigenvalue weighted by atomic mass is 9.97. The minimum atomic E-state index is 0.684. The molecule has 100 valence electrons. The Kier molecular flexibility index (Phi) is 3.81. The van der Waals surface area contributed by atoms with E-state index in [0.717, 1.165) is 19.6 Å². The Morgan fingerprint density at radius 1 is 1.11 bits per heavy atom. The molecule has 0 saturated carbocycles. The molecule has 2 N–H and O–H groups in total. The van der Waals surface area contributed by atoms with Crippen LogP contribution in [0.1, 0.15) is 18.4 Å². The topological polar surface area (TPSA) is 29.3 Å². The van der Waals surface area contributed by atoms with Crippen molar-refractivity contribution in [1.82, 2.24) is 4.90 Å². The fourth-order valence-corrected chi connectivity index (χ4v) is 3.16. The van der Waals surface area contributed by atoms with Gasteiger partial charge in [0.1, 0.15) is 0 Å². The maximum atomic E-state index is 5.82. The van der Waals surface area contributed by atoms with Crippen molar-refractivity contribution >= 4 is 10.8 Å². The van der Waals surface area contributed by atoms with Crippen LogP contribution in [0.5, 0.6) is 0 Å². The number of hydrogen-bond donors (Lipinski definition) is 1. The molecule has 2 nitrogen and oxygen atoms in total. The van der Waals surface area contributed by atoms with E-state index in [1.54, 1.807) is 0 Å². The van der Waals surface area contributed by atoms with Gasteiger partial charge in [0.2, 0.25) is 0 Å². The number of benzene rings is 2. The third kappa shape index (κ3) is 2.80. The Morgan fingerprint density at radius 3 is 2.84 bits per heavy atom. The lowest BCUT2D eigenvalue weighted by Gasteiger charge is -2.32. The maximum absolute atomic E-state index is 5.82. The van der Waals surface area contributed by atoms with Gasteiger partial charge >= 0.3 is 0 Å². The van der Waals surface area contributed by atoms with Crippen molar-refractivity contribution in [3.63, 3.8) is 0 Å². The minimum Gasteiger partial charge on any atom is -0.330 e. The number of hydrogen-bond acceptors (Lipinski definition) is 2. The molecule has 0 bridgehead atoms. The second-order valence-corrected chi connectivity index (χ2v) is 5.62. The van der Waals surface area contributed by atoms with Crippen molar-refractivity contribution in [1.29, 1.82) is 0 Å². The van der Waals surface area contributed by atoms with Gasteiger partial charge in [0.25, 0.3) is 0 Å². The van der Waals surface area contributed by atoms with E-state index in [0.29, 0.717) is 5.92 Å². The Balaban J connectivity index is 1.81. The van der Waals surface area contributed by atoms with Gasteiger partial charge < -0.3 is 5.73 Å². The van der Waals surface area contributed by atoms with Crippen LogP contribution >= 0.6 is 0 Å². The summed E-state index contributed by atoms with van der Waals surface area (Å²) in [6, 6.07) is 15.3. The normalized spacial score (nSPS) is 20.8. The Bertz CT molecular complexity index is 544. The summed E-state index contributed by atoms with van der Waals surface area (Å²) in [6.45, 7) is 4.24. The van der Waals surface area contributed by atoms with Gasteiger partial charge in [-0.25, -0.2) is 0 Å². The third-order valence-corrected chi connectivity index (χ3v) is 4.21. The SMILES string of the molecule is NCC1CCCN(Cc2cccc3ccccc23)C1. The summed E-state index contributed by atoms with van der Waals surface area (Å²) < 4.78 is 0. The van der Waals surface area contributed by atoms with Gasteiger partial charge in [-0.3, -0.25) is 4.90 Å². The number of nitrogens with two attached hydrogens (primary N) is 1. The standard InChI is InChI=1S/C17H22N2/c18-11-14-5-4-10-19(12-14)13-16-8-3-7-15-6-1-2-9-17(15)16/h1-3,6-9,14H,4-5,10-13,18H2. The van der Waals surface area contributed by atoms with E-state index < -0.39 is 0 Å². The van der Waals surface area contributed by atoms with Crippen molar-refractivity contribution < 1.29 is 0 Å². The van der Waals surface area contributed by atoms with Crippen LogP contribution in [0.25, 0.3) is 10.8 Å². The van der Waals surface area contributed by atoms with Crippen molar-refractivity contribution in [3.8, 4) is 0 Å². The van der Waals surface area contributed by atoms with Crippen LogP contribution in [0.4, 0.5) is 0 Å². The third-order valence-electron chi connectivity index (χ3n) is 4.21. The molecule has 1 saturated heterocycles. The fraction of sp³-hybridized carbons (Fsp3) is 0.412. The summed E-state index contributed by atoms with van der Waals surface area (Å²) in [4.78, 5) is 2.56. The van der Waals surface area contributed by atoms with Gasteiger partial charge in [-0.05, 0) is 48.2 Å². The average molecular weight is 254 g/mol. The molecule has 3 rings (SSSR count). The molecule has 1 aliphatic rings. The maximum Gasteiger partial charge on any atom is 0.0240 e. The monoisotopic (exact) mass is 254 g/mol. The highest BCUT2D eigenvalue weighted by Gasteiger charge is 2.19. The smallest absolute Gasteiger partial charge is 0.0240 e. The van der Waals surface area contributed by atoms with Gasteiger partial charge in [0, 0.05) is 13.1 Å². The molecule has 0 aromatic heterocycles. The van der Waals surface area contributed by atoms with Crippen LogP contribution < -0.4 is 5.73 Å². The predicted octanol–water partition coefficient (Wildman–Crippen LogP) is 3.01. The number of fused-ring (bicyclic) bond motifs is 1. The van der Waals surface area contributed by atoms with Crippen LogP contribution in [0.15, 0.2) is 42.5 Å². The summed E-state index contributed by atoms with van der Waals surface area (Å²) in [5.41, 5.74) is 7.26. The van der Waals surface area contributed by atoms with E-state index in [2.05, 4.69) is 47.4 Å². The first kappa shape index (κ1) is 12.6. The summed E-state index contributed by atoms with van der Waals surface area (Å²) in [5, 5.41) is 2.73. The van der Waals surface area contributed by atoms with Crippen LogP contribution in [0.2, 0.25) is 0 Å². The molecule has 2 aromatic rings. The molecule has 0 radical (unpaired) electrons. The molecule has 1 unspecified atom stereocenters. The van der Waals surface area contributed by atoms with Crippen LogP contribution in [0, 0.1) is 5.92 Å². The lowest BCUT2D eigenvalue weighted by Crippen LogP contribution is -2.37. The first-order valence-corrected chi connectivity index (χ1v) is 7.26. The van der Waals surface area contributed by atoms with Crippen LogP contribution in [-0.4, -0.2) is 24.5 Å². The molecule has 2 heteroatoms. The minimum absolute atomic E-state index is 0.684. The second kappa shape index (κ2) is 5.72. The van der Waals surface area contributed by atoms with E-state index in [-0.39, 0.29) is 0 Å². The lowest BCUT2D eigenvalue weighted by molar-refractivity contribution is 0.171. The Morgan fingerprint density at radius 2 is 1.95 bits per heavy atom. The molecule has 1 atom stereocenters. The Hall–Kier alpha value is -1.38. The summed E-state index contributed by atoms with van der Waals surface area (Å²) in [6.07, 6.45) is 2.58. The zero-order valence-corrected chi connectivity index (χ0v) is 11.4. The molecular formula is C17H22N2. The van der Waals surface area contributed by atoms with Crippen molar-refractivity contribution in [2.75, 3.05) is 19.6 Å². The molecule has 0 aliphatic carbocycles. The summed E-state index contributed by atoms with van der Waals surface area (Å²) in [5.74, 6) is 0.684. The molecule has 1 heterocycles. The molecule has 1 fully saturated rings. The molecule has 2 aromatic carbocycles. The molecular weight excluding hydrogens is 232 g/mol. The van der Waals surface area contributed by atoms with Crippen molar-refractivity contribution in [3.05, 3.63) is 48.0 Å². The van der Waals surface area contributed by atoms with Gasteiger partial charge in [-0.15, -0.1) is 0 Å². The largest absolute Gasteiger partial charge is 0.330 e. The molecule has 0 spiro atoms. The van der Waals surface area contributed by atoms with E-state index in [1.807, 2.05) is 0 Å². The van der Waals surface area contributed by atoms with Crippen LogP contribution in [-0.2, 0) is 6.54 Å². The van der Waals surface area contributed by atoms with Gasteiger partial charge in [-0.2, -0.15) is 0 Å². The van der Waals surface area contributed by atoms with Crippen molar-refractivity contribution in [2.45, 2.75) is 19.4 Å². The van der Waals surface area contributed by atoms with Gasteiger partial charge in [0.05, 0.1) is 0 Å². The van der Waals surface area contributed by atoms with Gasteiger partial charge in [0.15, 0.2) is 0 Å². The van der Waals surface area contributed by atoms with Gasteiger partial charge in [-0.1, -0.05) is 42.5 Å². The number of nitrogens with zero attached hydrogens (tertiary/aromatic N) is 1. The van der Waals surface area contributed by atoms with E-state index in [4.69, 9.17) is 5.73 Å². The number of piperidine rings is 1. The highest BCUT2D eigenvalue weighted by Crippen LogP contribution is 2.22. The second-order valence-electron chi connectivity index (χ2n) is 5.62. The first-order valence-electron chi connectivity index (χ1n) is 7.26. The quantitative estimate of drug-likeness (QED) is 0.912. The predicted molar refractivity (Wildman–Crippen MR) is 81.0 cm³/mol.